The van der Waals surface area contributed by atoms with Crippen LogP contribution in [0.4, 0.5) is 5.69 Å². The molecule has 0 amide bonds. The molecule has 1 heteroatoms. The number of hydrogen-bond acceptors (Lipinski definition) is 1. The lowest BCUT2D eigenvalue weighted by Crippen LogP contribution is -2.08. The fourth-order valence-electron chi connectivity index (χ4n) is 2.56. The lowest BCUT2D eigenvalue weighted by molar-refractivity contribution is 0.514. The van der Waals surface area contributed by atoms with E-state index in [1.807, 2.05) is 12.1 Å². The average molecular weight is 271 g/mol. The Morgan fingerprint density at radius 2 is 1.80 bits per heavy atom. The molecule has 1 rings (SSSR count). The normalized spacial score (nSPS) is 12.1. The molecule has 0 aliphatic heterocycles. The maximum atomic E-state index is 5.75. The van der Waals surface area contributed by atoms with E-state index in [2.05, 4.69) is 39.1 Å². The molecule has 1 nitrogen and oxygen atoms in total. The van der Waals surface area contributed by atoms with Gasteiger partial charge in [-0.1, -0.05) is 43.2 Å². The van der Waals surface area contributed by atoms with E-state index < -0.39 is 0 Å². The van der Waals surface area contributed by atoms with Gasteiger partial charge < -0.3 is 5.73 Å². The van der Waals surface area contributed by atoms with E-state index in [0.717, 1.165) is 24.9 Å². The summed E-state index contributed by atoms with van der Waals surface area (Å²) < 4.78 is 0. The fraction of sp³-hybridized carbons (Fsp3) is 0.474. The van der Waals surface area contributed by atoms with Crippen LogP contribution in [0, 0.1) is 5.92 Å². The number of nitrogens with two attached hydrogens (primary N) is 1. The third kappa shape index (κ3) is 6.10. The van der Waals surface area contributed by atoms with Crippen LogP contribution in [0.2, 0.25) is 0 Å². The summed E-state index contributed by atoms with van der Waals surface area (Å²) in [5.74, 6) is 0.581. The van der Waals surface area contributed by atoms with Crippen LogP contribution >= 0.6 is 0 Å². The summed E-state index contributed by atoms with van der Waals surface area (Å²) in [5, 5.41) is 0. The first kappa shape index (κ1) is 16.6. The van der Waals surface area contributed by atoms with E-state index in [1.54, 1.807) is 0 Å². The topological polar surface area (TPSA) is 26.0 Å². The Balaban J connectivity index is 2.63. The van der Waals surface area contributed by atoms with Gasteiger partial charge in [-0.05, 0) is 62.6 Å². The van der Waals surface area contributed by atoms with E-state index in [9.17, 15) is 0 Å². The molecule has 1 unspecified atom stereocenters. The number of nitrogen functional groups attached to an aromatic ring is 1. The quantitative estimate of drug-likeness (QED) is 0.464. The summed E-state index contributed by atoms with van der Waals surface area (Å²) in [6.45, 7) is 12.6. The minimum Gasteiger partial charge on any atom is -0.399 e. The molecule has 0 aliphatic carbocycles. The van der Waals surface area contributed by atoms with E-state index in [-0.39, 0.29) is 0 Å². The molecule has 20 heavy (non-hydrogen) atoms. The van der Waals surface area contributed by atoms with Crippen molar-refractivity contribution < 1.29 is 0 Å². The second-order valence-electron chi connectivity index (χ2n) is 5.90. The van der Waals surface area contributed by atoms with Gasteiger partial charge in [0.2, 0.25) is 0 Å². The van der Waals surface area contributed by atoms with Crippen LogP contribution < -0.4 is 5.73 Å². The van der Waals surface area contributed by atoms with Crippen LogP contribution in [0.3, 0.4) is 0 Å². The molecular weight excluding hydrogens is 242 g/mol. The third-order valence-electron chi connectivity index (χ3n) is 3.77. The van der Waals surface area contributed by atoms with Gasteiger partial charge in [0.25, 0.3) is 0 Å². The predicted molar refractivity (Wildman–Crippen MR) is 90.8 cm³/mol. The highest BCUT2D eigenvalue weighted by atomic mass is 14.5. The molecule has 110 valence electrons. The summed E-state index contributed by atoms with van der Waals surface area (Å²) in [5.41, 5.74) is 10.6. The largest absolute Gasteiger partial charge is 0.399 e. The van der Waals surface area contributed by atoms with E-state index >= 15 is 0 Å². The summed E-state index contributed by atoms with van der Waals surface area (Å²) in [6, 6.07) is 8.26. The summed E-state index contributed by atoms with van der Waals surface area (Å²) >= 11 is 0. The standard InChI is InChI=1S/C19H29N/c1-5-7-16(4)18(9-6-8-15(2)3)14-17-10-12-19(20)13-11-17/h10-13,18H,2,4-9,14,20H2,1,3H3. The van der Waals surface area contributed by atoms with Crippen molar-refractivity contribution in [2.75, 3.05) is 5.73 Å². The molecule has 0 spiro atoms. The average Bonchev–Trinajstić information content (AvgIpc) is 2.40. The molecule has 0 fully saturated rings. The van der Waals surface area contributed by atoms with Crippen LogP contribution in [-0.2, 0) is 6.42 Å². The number of allylic oxidation sites excluding steroid dienone is 2. The Bertz CT molecular complexity index is 428. The minimum atomic E-state index is 0.581. The molecule has 0 bridgehead atoms. The van der Waals surface area contributed by atoms with Crippen molar-refractivity contribution in [3.63, 3.8) is 0 Å². The second-order valence-corrected chi connectivity index (χ2v) is 5.90. The van der Waals surface area contributed by atoms with Crippen LogP contribution in [0.15, 0.2) is 48.6 Å². The Hall–Kier alpha value is -1.50. The first-order valence-electron chi connectivity index (χ1n) is 7.69. The van der Waals surface area contributed by atoms with Crippen molar-refractivity contribution >= 4 is 5.69 Å². The third-order valence-corrected chi connectivity index (χ3v) is 3.77. The van der Waals surface area contributed by atoms with Gasteiger partial charge in [-0.2, -0.15) is 0 Å². The fourth-order valence-corrected chi connectivity index (χ4v) is 2.56. The Morgan fingerprint density at radius 3 is 2.35 bits per heavy atom. The maximum Gasteiger partial charge on any atom is 0.0314 e. The van der Waals surface area contributed by atoms with Crippen LogP contribution in [0.25, 0.3) is 0 Å². The number of hydrogen-bond donors (Lipinski definition) is 1. The summed E-state index contributed by atoms with van der Waals surface area (Å²) in [6.07, 6.45) is 6.92. The smallest absolute Gasteiger partial charge is 0.0314 e. The highest BCUT2D eigenvalue weighted by Crippen LogP contribution is 2.26. The molecular formula is C19H29N. The Kier molecular flexibility index (Phi) is 7.14. The molecule has 1 aromatic rings. The van der Waals surface area contributed by atoms with Crippen LogP contribution in [0.1, 0.15) is 51.5 Å². The van der Waals surface area contributed by atoms with Crippen molar-refractivity contribution in [1.29, 1.82) is 0 Å². The molecule has 0 radical (unpaired) electrons. The zero-order valence-electron chi connectivity index (χ0n) is 13.1. The van der Waals surface area contributed by atoms with Crippen molar-refractivity contribution in [2.45, 2.75) is 52.4 Å². The number of benzene rings is 1. The zero-order valence-corrected chi connectivity index (χ0v) is 13.1. The zero-order chi connectivity index (χ0) is 15.0. The lowest BCUT2D eigenvalue weighted by Gasteiger charge is -2.20. The van der Waals surface area contributed by atoms with Gasteiger partial charge >= 0.3 is 0 Å². The van der Waals surface area contributed by atoms with Crippen molar-refractivity contribution in [1.82, 2.24) is 0 Å². The lowest BCUT2D eigenvalue weighted by atomic mass is 9.86. The maximum absolute atomic E-state index is 5.75. The van der Waals surface area contributed by atoms with Gasteiger partial charge in [0.05, 0.1) is 0 Å². The van der Waals surface area contributed by atoms with Crippen molar-refractivity contribution in [3.05, 3.63) is 54.1 Å². The molecule has 1 aromatic carbocycles. The molecule has 0 saturated heterocycles. The van der Waals surface area contributed by atoms with Gasteiger partial charge in [-0.15, -0.1) is 6.58 Å². The van der Waals surface area contributed by atoms with Crippen LogP contribution in [-0.4, -0.2) is 0 Å². The monoisotopic (exact) mass is 271 g/mol. The van der Waals surface area contributed by atoms with Crippen molar-refractivity contribution in [2.24, 2.45) is 5.92 Å². The molecule has 2 N–H and O–H groups in total. The predicted octanol–water partition coefficient (Wildman–Crippen LogP) is 5.53. The van der Waals surface area contributed by atoms with Gasteiger partial charge in [0.15, 0.2) is 0 Å². The van der Waals surface area contributed by atoms with E-state index in [4.69, 9.17) is 5.73 Å². The first-order valence-corrected chi connectivity index (χ1v) is 7.69. The Labute approximate surface area is 124 Å². The number of anilines is 1. The van der Waals surface area contributed by atoms with Gasteiger partial charge in [-0.3, -0.25) is 0 Å². The van der Waals surface area contributed by atoms with Gasteiger partial charge in [-0.25, -0.2) is 0 Å². The SMILES string of the molecule is C=C(C)CCCC(Cc1ccc(N)cc1)C(=C)CCC. The number of rotatable bonds is 9. The highest BCUT2D eigenvalue weighted by Gasteiger charge is 2.13. The van der Waals surface area contributed by atoms with E-state index in [0.29, 0.717) is 5.92 Å². The van der Waals surface area contributed by atoms with E-state index in [1.165, 1.54) is 36.0 Å². The summed E-state index contributed by atoms with van der Waals surface area (Å²) in [4.78, 5) is 0. The molecule has 0 aromatic heterocycles. The van der Waals surface area contributed by atoms with Gasteiger partial charge in [0, 0.05) is 5.69 Å². The van der Waals surface area contributed by atoms with Crippen molar-refractivity contribution in [3.8, 4) is 0 Å². The second kappa shape index (κ2) is 8.63. The minimum absolute atomic E-state index is 0.581. The van der Waals surface area contributed by atoms with Crippen LogP contribution in [0.5, 0.6) is 0 Å². The summed E-state index contributed by atoms with van der Waals surface area (Å²) in [7, 11) is 0. The first-order chi connectivity index (χ1) is 9.52. The molecule has 0 aliphatic rings. The highest BCUT2D eigenvalue weighted by molar-refractivity contribution is 5.39. The molecule has 1 atom stereocenters. The molecule has 0 heterocycles. The van der Waals surface area contributed by atoms with Gasteiger partial charge in [0.1, 0.15) is 0 Å². The molecule has 0 saturated carbocycles. The Morgan fingerprint density at radius 1 is 1.15 bits per heavy atom.